The van der Waals surface area contributed by atoms with Gasteiger partial charge in [0, 0.05) is 36.3 Å². The largest absolute Gasteiger partial charge is 0.481 e. The van der Waals surface area contributed by atoms with Gasteiger partial charge in [0.1, 0.15) is 0 Å². The lowest BCUT2D eigenvalue weighted by molar-refractivity contribution is -0.137. The average Bonchev–Trinajstić information content (AvgIpc) is 3.19. The summed E-state index contributed by atoms with van der Waals surface area (Å²) in [5.41, 5.74) is 1.55. The first-order chi connectivity index (χ1) is 10.0. The van der Waals surface area contributed by atoms with Gasteiger partial charge in [-0.2, -0.15) is 0 Å². The highest BCUT2D eigenvalue weighted by Crippen LogP contribution is 2.28. The van der Waals surface area contributed by atoms with Gasteiger partial charge in [0.25, 0.3) is 5.56 Å². The summed E-state index contributed by atoms with van der Waals surface area (Å²) < 4.78 is 1.60. The van der Waals surface area contributed by atoms with E-state index in [-0.39, 0.29) is 12.0 Å². The van der Waals surface area contributed by atoms with Crippen molar-refractivity contribution in [3.63, 3.8) is 0 Å². The van der Waals surface area contributed by atoms with Crippen LogP contribution in [0.1, 0.15) is 30.7 Å². The third-order valence-electron chi connectivity index (χ3n) is 3.67. The Balaban J connectivity index is 1.82. The normalized spacial score (nSPS) is 15.0. The zero-order valence-electron chi connectivity index (χ0n) is 11.8. The second-order valence-electron chi connectivity index (χ2n) is 5.43. The van der Waals surface area contributed by atoms with Gasteiger partial charge in [-0.05, 0) is 19.8 Å². The summed E-state index contributed by atoms with van der Waals surface area (Å²) >= 11 is 1.45. The van der Waals surface area contributed by atoms with E-state index in [1.54, 1.807) is 10.5 Å². The Morgan fingerprint density at radius 1 is 1.57 bits per heavy atom. The van der Waals surface area contributed by atoms with Crippen molar-refractivity contribution in [2.24, 2.45) is 0 Å². The quantitative estimate of drug-likeness (QED) is 0.875. The van der Waals surface area contributed by atoms with Crippen molar-refractivity contribution in [1.29, 1.82) is 0 Å². The molecule has 0 atom stereocenters. The van der Waals surface area contributed by atoms with E-state index in [0.29, 0.717) is 24.1 Å². The predicted octanol–water partition coefficient (Wildman–Crippen LogP) is 1.50. The fraction of sp³-hybridized carbons (Fsp3) is 0.500. The van der Waals surface area contributed by atoms with Crippen LogP contribution >= 0.6 is 11.3 Å². The molecule has 1 N–H and O–H groups in total. The van der Waals surface area contributed by atoms with E-state index in [1.807, 2.05) is 12.3 Å². The van der Waals surface area contributed by atoms with Gasteiger partial charge in [0.05, 0.1) is 12.1 Å². The van der Waals surface area contributed by atoms with Crippen molar-refractivity contribution in [2.75, 3.05) is 6.54 Å². The van der Waals surface area contributed by atoms with E-state index in [0.717, 1.165) is 24.2 Å². The van der Waals surface area contributed by atoms with Gasteiger partial charge in [-0.1, -0.05) is 0 Å². The molecule has 112 valence electrons. The number of aromatic nitrogens is 2. The Bertz CT molecular complexity index is 733. The molecule has 3 rings (SSSR count). The first-order valence-electron chi connectivity index (χ1n) is 6.97. The Labute approximate surface area is 125 Å². The standard InChI is InChI=1S/C14H17N3O3S/c1-9-8-21-14-15-10(6-12(18)17(9)14)7-16(11-2-3-11)5-4-13(19)20/h6,8,11H,2-5,7H2,1H3,(H,19,20). The van der Waals surface area contributed by atoms with Crippen molar-refractivity contribution in [3.8, 4) is 0 Å². The zero-order valence-corrected chi connectivity index (χ0v) is 12.6. The maximum atomic E-state index is 12.1. The zero-order chi connectivity index (χ0) is 15.0. The molecule has 0 bridgehead atoms. The van der Waals surface area contributed by atoms with Crippen molar-refractivity contribution in [1.82, 2.24) is 14.3 Å². The van der Waals surface area contributed by atoms with Crippen LogP contribution in [0.15, 0.2) is 16.2 Å². The van der Waals surface area contributed by atoms with Gasteiger partial charge < -0.3 is 5.11 Å². The number of carboxylic acid groups (broad SMARTS) is 1. The second kappa shape index (κ2) is 5.57. The Morgan fingerprint density at radius 3 is 3.00 bits per heavy atom. The van der Waals surface area contributed by atoms with Crippen LogP contribution in [0.4, 0.5) is 0 Å². The van der Waals surface area contributed by atoms with Crippen LogP contribution in [0.5, 0.6) is 0 Å². The molecule has 1 aliphatic carbocycles. The molecule has 0 spiro atoms. The molecule has 0 unspecified atom stereocenters. The highest BCUT2D eigenvalue weighted by Gasteiger charge is 2.29. The molecular formula is C14H17N3O3S. The average molecular weight is 307 g/mol. The van der Waals surface area contributed by atoms with Crippen LogP contribution in [-0.2, 0) is 11.3 Å². The molecule has 0 aromatic carbocycles. The van der Waals surface area contributed by atoms with Crippen molar-refractivity contribution >= 4 is 22.3 Å². The fourth-order valence-corrected chi connectivity index (χ4v) is 3.35. The Hall–Kier alpha value is -1.73. The minimum Gasteiger partial charge on any atom is -0.481 e. The van der Waals surface area contributed by atoms with Gasteiger partial charge in [-0.3, -0.25) is 18.9 Å². The number of hydrogen-bond donors (Lipinski definition) is 1. The first-order valence-corrected chi connectivity index (χ1v) is 7.85. The molecule has 1 aliphatic rings. The van der Waals surface area contributed by atoms with Crippen LogP contribution in [-0.4, -0.2) is 37.9 Å². The molecule has 1 fully saturated rings. The highest BCUT2D eigenvalue weighted by molar-refractivity contribution is 7.15. The Kier molecular flexibility index (Phi) is 3.77. The number of aryl methyl sites for hydroxylation is 1. The van der Waals surface area contributed by atoms with E-state index in [2.05, 4.69) is 9.88 Å². The molecule has 0 saturated heterocycles. The SMILES string of the molecule is Cc1csc2nc(CN(CCC(=O)O)C3CC3)cc(=O)n12. The molecule has 7 heteroatoms. The topological polar surface area (TPSA) is 74.9 Å². The molecule has 2 heterocycles. The van der Waals surface area contributed by atoms with Crippen molar-refractivity contribution in [3.05, 3.63) is 33.2 Å². The van der Waals surface area contributed by atoms with Crippen LogP contribution in [0.3, 0.4) is 0 Å². The maximum Gasteiger partial charge on any atom is 0.304 e. The van der Waals surface area contributed by atoms with E-state index >= 15 is 0 Å². The van der Waals surface area contributed by atoms with Crippen LogP contribution in [0.25, 0.3) is 4.96 Å². The van der Waals surface area contributed by atoms with E-state index < -0.39 is 5.97 Å². The molecule has 1 saturated carbocycles. The summed E-state index contributed by atoms with van der Waals surface area (Å²) in [6.45, 7) is 2.93. The molecule has 0 aliphatic heterocycles. The lowest BCUT2D eigenvalue weighted by Crippen LogP contribution is -2.29. The number of carbonyl (C=O) groups is 1. The van der Waals surface area contributed by atoms with Gasteiger partial charge in [0.2, 0.25) is 0 Å². The van der Waals surface area contributed by atoms with E-state index in [4.69, 9.17) is 5.11 Å². The summed E-state index contributed by atoms with van der Waals surface area (Å²) in [4.78, 5) is 30.2. The number of rotatable bonds is 6. The highest BCUT2D eigenvalue weighted by atomic mass is 32.1. The van der Waals surface area contributed by atoms with Gasteiger partial charge in [-0.15, -0.1) is 11.3 Å². The molecule has 0 radical (unpaired) electrons. The predicted molar refractivity (Wildman–Crippen MR) is 79.8 cm³/mol. The van der Waals surface area contributed by atoms with Gasteiger partial charge in [0.15, 0.2) is 4.96 Å². The monoisotopic (exact) mass is 307 g/mol. The molecule has 2 aromatic heterocycles. The van der Waals surface area contributed by atoms with Crippen LogP contribution < -0.4 is 5.56 Å². The van der Waals surface area contributed by atoms with Crippen LogP contribution in [0.2, 0.25) is 0 Å². The number of aliphatic carboxylic acids is 1. The Morgan fingerprint density at radius 2 is 2.33 bits per heavy atom. The molecule has 2 aromatic rings. The number of carboxylic acids is 1. The maximum absolute atomic E-state index is 12.1. The molecule has 21 heavy (non-hydrogen) atoms. The smallest absolute Gasteiger partial charge is 0.304 e. The number of thiazole rings is 1. The second-order valence-corrected chi connectivity index (χ2v) is 6.26. The first kappa shape index (κ1) is 14.2. The van der Waals surface area contributed by atoms with Crippen molar-refractivity contribution in [2.45, 2.75) is 38.8 Å². The lowest BCUT2D eigenvalue weighted by atomic mass is 10.3. The van der Waals surface area contributed by atoms with E-state index in [9.17, 15) is 9.59 Å². The summed E-state index contributed by atoms with van der Waals surface area (Å²) in [6, 6.07) is 2.00. The molecular weight excluding hydrogens is 290 g/mol. The third kappa shape index (κ3) is 3.14. The van der Waals surface area contributed by atoms with Crippen LogP contribution in [0, 0.1) is 6.92 Å². The minimum absolute atomic E-state index is 0.0669. The van der Waals surface area contributed by atoms with Crippen molar-refractivity contribution < 1.29 is 9.90 Å². The fourth-order valence-electron chi connectivity index (χ4n) is 2.46. The van der Waals surface area contributed by atoms with Gasteiger partial charge >= 0.3 is 5.97 Å². The third-order valence-corrected chi connectivity index (χ3v) is 4.61. The number of fused-ring (bicyclic) bond motifs is 1. The van der Waals surface area contributed by atoms with Gasteiger partial charge in [-0.25, -0.2) is 4.98 Å². The molecule has 0 amide bonds. The molecule has 6 nitrogen and oxygen atoms in total. The summed E-state index contributed by atoms with van der Waals surface area (Å²) in [5.74, 6) is -0.794. The lowest BCUT2D eigenvalue weighted by Gasteiger charge is -2.20. The number of hydrogen-bond acceptors (Lipinski definition) is 5. The minimum atomic E-state index is -0.794. The van der Waals surface area contributed by atoms with E-state index in [1.165, 1.54) is 11.3 Å². The summed E-state index contributed by atoms with van der Waals surface area (Å²) in [7, 11) is 0. The summed E-state index contributed by atoms with van der Waals surface area (Å²) in [6.07, 6.45) is 2.31. The summed E-state index contributed by atoms with van der Waals surface area (Å²) in [5, 5.41) is 10.7. The number of nitrogens with zero attached hydrogens (tertiary/aromatic N) is 3.